The first-order valence-electron chi connectivity index (χ1n) is 15.4. The van der Waals surface area contributed by atoms with E-state index in [9.17, 15) is 19.5 Å². The molecule has 7 nitrogen and oxygen atoms in total. The van der Waals surface area contributed by atoms with Gasteiger partial charge in [0.25, 0.3) is 5.91 Å². The molecule has 3 aliphatic heterocycles. The molecule has 3 heterocycles. The van der Waals surface area contributed by atoms with Crippen LogP contribution in [0.5, 0.6) is 0 Å². The van der Waals surface area contributed by atoms with E-state index in [-0.39, 0.29) is 30.9 Å². The van der Waals surface area contributed by atoms with Gasteiger partial charge in [-0.2, -0.15) is 0 Å². The molecule has 1 spiro atoms. The molecule has 44 heavy (non-hydrogen) atoms. The Hall–Kier alpha value is -3.07. The average molecular weight is 636 g/mol. The lowest BCUT2D eigenvalue weighted by molar-refractivity contribution is -0.145. The molecule has 2 aromatic carbocycles. The molecule has 2 unspecified atom stereocenters. The Morgan fingerprint density at radius 3 is 2.45 bits per heavy atom. The third kappa shape index (κ3) is 5.50. The summed E-state index contributed by atoms with van der Waals surface area (Å²) in [6.45, 7) is 13.2. The fraction of sp³-hybridized carbons (Fsp3) is 0.457. The van der Waals surface area contributed by atoms with Crippen molar-refractivity contribution in [2.45, 2.75) is 61.6 Å². The number of unbranched alkanes of at least 4 members (excludes halogenated alkanes) is 1. The van der Waals surface area contributed by atoms with Crippen LogP contribution in [0.15, 0.2) is 73.8 Å². The first-order chi connectivity index (χ1) is 21.1. The van der Waals surface area contributed by atoms with Crippen LogP contribution >= 0.6 is 23.4 Å². The standard InChI is InChI=1S/C35H42ClN3O4S/c1-5-19-37(23-25-14-8-7-9-15-25)31(41)27-28-32(42)39(21-10-11-22-40)30(35(28)18-17-34(27,4)44-35)33(43)38(20-6-2)29-24(3)13-12-16-26(29)36/h5-9,12-16,27-28,30,40H,1-2,10-11,17-23H2,3-4H3/t27-,28+,30?,34+,35?/m1/s1. The van der Waals surface area contributed by atoms with E-state index in [2.05, 4.69) is 20.1 Å². The predicted molar refractivity (Wildman–Crippen MR) is 178 cm³/mol. The Bertz CT molecular complexity index is 1420. The van der Waals surface area contributed by atoms with E-state index in [1.165, 1.54) is 0 Å². The van der Waals surface area contributed by atoms with Gasteiger partial charge in [-0.05, 0) is 56.7 Å². The van der Waals surface area contributed by atoms with Crippen molar-refractivity contribution in [2.24, 2.45) is 11.8 Å². The van der Waals surface area contributed by atoms with E-state index >= 15 is 0 Å². The number of fused-ring (bicyclic) bond motifs is 1. The van der Waals surface area contributed by atoms with Crippen molar-refractivity contribution in [3.8, 4) is 0 Å². The molecule has 3 amide bonds. The Balaban J connectivity index is 1.57. The molecule has 0 aliphatic carbocycles. The van der Waals surface area contributed by atoms with E-state index in [1.54, 1.807) is 44.7 Å². The van der Waals surface area contributed by atoms with Crippen LogP contribution in [-0.2, 0) is 20.9 Å². The summed E-state index contributed by atoms with van der Waals surface area (Å²) in [5.74, 6) is -1.65. The number of aliphatic hydroxyl groups excluding tert-OH is 1. The smallest absolute Gasteiger partial charge is 0.251 e. The summed E-state index contributed by atoms with van der Waals surface area (Å²) in [6.07, 6.45) is 5.85. The highest BCUT2D eigenvalue weighted by Gasteiger charge is 2.77. The summed E-state index contributed by atoms with van der Waals surface area (Å²) in [5.41, 5.74) is 2.46. The van der Waals surface area contributed by atoms with E-state index in [0.717, 1.165) is 17.5 Å². The Kier molecular flexibility index (Phi) is 9.64. The number of aryl methyl sites for hydroxylation is 1. The lowest BCUT2D eigenvalue weighted by Crippen LogP contribution is -2.55. The number of thioether (sulfide) groups is 1. The summed E-state index contributed by atoms with van der Waals surface area (Å²) in [4.78, 5) is 49.1. The number of hydrogen-bond donors (Lipinski definition) is 1. The SMILES string of the molecule is C=CCN(Cc1ccccc1)C(=O)[C@H]1[C@H]2C(=O)N(CCCCO)C(C(=O)N(CC=C)c3c(C)cccc3Cl)C23CC[C@]1(C)S3. The lowest BCUT2D eigenvalue weighted by Gasteiger charge is -2.38. The summed E-state index contributed by atoms with van der Waals surface area (Å²) >= 11 is 8.35. The Morgan fingerprint density at radius 1 is 1.07 bits per heavy atom. The lowest BCUT2D eigenvalue weighted by atomic mass is 9.66. The fourth-order valence-electron chi connectivity index (χ4n) is 7.64. The number of hydrogen-bond acceptors (Lipinski definition) is 5. The molecule has 1 N–H and O–H groups in total. The van der Waals surface area contributed by atoms with Crippen LogP contribution in [0.4, 0.5) is 5.69 Å². The van der Waals surface area contributed by atoms with Crippen molar-refractivity contribution in [1.82, 2.24) is 9.80 Å². The van der Waals surface area contributed by atoms with E-state index in [0.29, 0.717) is 49.6 Å². The second-order valence-corrected chi connectivity index (χ2v) is 14.6. The van der Waals surface area contributed by atoms with Gasteiger partial charge < -0.3 is 19.8 Å². The number of amides is 3. The Labute approximate surface area is 269 Å². The zero-order chi connectivity index (χ0) is 31.6. The topological polar surface area (TPSA) is 81.2 Å². The maximum Gasteiger partial charge on any atom is 0.251 e. The molecule has 2 bridgehead atoms. The molecule has 2 aromatic rings. The second kappa shape index (κ2) is 13.1. The van der Waals surface area contributed by atoms with Crippen LogP contribution in [0.1, 0.15) is 43.7 Å². The van der Waals surface area contributed by atoms with Gasteiger partial charge in [-0.25, -0.2) is 0 Å². The minimum atomic E-state index is -0.777. The molecule has 3 aliphatic rings. The van der Waals surface area contributed by atoms with Gasteiger partial charge in [0.15, 0.2) is 0 Å². The minimum absolute atomic E-state index is 0.000549. The number of nitrogens with zero attached hydrogens (tertiary/aromatic N) is 3. The van der Waals surface area contributed by atoms with Crippen LogP contribution < -0.4 is 4.90 Å². The third-order valence-electron chi connectivity index (χ3n) is 9.50. The molecule has 3 fully saturated rings. The highest BCUT2D eigenvalue weighted by molar-refractivity contribution is 8.02. The monoisotopic (exact) mass is 635 g/mol. The van der Waals surface area contributed by atoms with Crippen molar-refractivity contribution in [2.75, 3.05) is 31.1 Å². The molecule has 5 rings (SSSR count). The molecule has 234 valence electrons. The molecular weight excluding hydrogens is 594 g/mol. The molecule has 9 heteroatoms. The van der Waals surface area contributed by atoms with Gasteiger partial charge in [-0.15, -0.1) is 24.9 Å². The van der Waals surface area contributed by atoms with Gasteiger partial charge in [0, 0.05) is 37.5 Å². The van der Waals surface area contributed by atoms with Crippen LogP contribution in [0, 0.1) is 18.8 Å². The summed E-state index contributed by atoms with van der Waals surface area (Å²) in [6, 6.07) is 14.6. The van der Waals surface area contributed by atoms with Crippen LogP contribution in [0.2, 0.25) is 5.02 Å². The fourth-order valence-corrected chi connectivity index (χ4v) is 10.3. The van der Waals surface area contributed by atoms with Crippen molar-refractivity contribution in [3.63, 3.8) is 0 Å². The first kappa shape index (κ1) is 32.3. The number of para-hydroxylation sites is 1. The van der Waals surface area contributed by atoms with Gasteiger partial charge in [-0.3, -0.25) is 14.4 Å². The first-order valence-corrected chi connectivity index (χ1v) is 16.6. The number of benzene rings is 2. The number of carbonyl (C=O) groups excluding carboxylic acids is 3. The molecule has 0 radical (unpaired) electrons. The summed E-state index contributed by atoms with van der Waals surface area (Å²) < 4.78 is -1.25. The zero-order valence-electron chi connectivity index (χ0n) is 25.6. The highest BCUT2D eigenvalue weighted by Crippen LogP contribution is 2.71. The number of likely N-dealkylation sites (tertiary alicyclic amines) is 1. The number of aliphatic hydroxyl groups is 1. The highest BCUT2D eigenvalue weighted by atomic mass is 35.5. The van der Waals surface area contributed by atoms with Crippen molar-refractivity contribution < 1.29 is 19.5 Å². The van der Waals surface area contributed by atoms with E-state index < -0.39 is 27.4 Å². The number of rotatable bonds is 13. The third-order valence-corrected chi connectivity index (χ3v) is 11.8. The zero-order valence-corrected chi connectivity index (χ0v) is 27.2. The summed E-state index contributed by atoms with van der Waals surface area (Å²) in [7, 11) is 0. The normalized spacial score (nSPS) is 26.9. The van der Waals surface area contributed by atoms with Crippen molar-refractivity contribution in [1.29, 1.82) is 0 Å². The summed E-state index contributed by atoms with van der Waals surface area (Å²) in [5, 5.41) is 9.98. The van der Waals surface area contributed by atoms with Gasteiger partial charge in [0.2, 0.25) is 11.8 Å². The van der Waals surface area contributed by atoms with Crippen LogP contribution in [0.3, 0.4) is 0 Å². The minimum Gasteiger partial charge on any atom is -0.396 e. The van der Waals surface area contributed by atoms with Gasteiger partial charge in [-0.1, -0.05) is 66.2 Å². The van der Waals surface area contributed by atoms with Gasteiger partial charge in [0.1, 0.15) is 6.04 Å². The van der Waals surface area contributed by atoms with E-state index in [1.807, 2.05) is 49.4 Å². The number of anilines is 1. The van der Waals surface area contributed by atoms with Crippen molar-refractivity contribution >= 4 is 46.8 Å². The number of carbonyl (C=O) groups is 3. The maximum absolute atomic E-state index is 14.9. The Morgan fingerprint density at radius 2 is 1.80 bits per heavy atom. The van der Waals surface area contributed by atoms with Gasteiger partial charge >= 0.3 is 0 Å². The molecule has 5 atom stereocenters. The average Bonchev–Trinajstić information content (AvgIpc) is 3.57. The molecule has 0 aromatic heterocycles. The quantitative estimate of drug-likeness (QED) is 0.228. The maximum atomic E-state index is 14.9. The van der Waals surface area contributed by atoms with Crippen LogP contribution in [-0.4, -0.2) is 74.4 Å². The second-order valence-electron chi connectivity index (χ2n) is 12.3. The van der Waals surface area contributed by atoms with Gasteiger partial charge in [0.05, 0.1) is 27.3 Å². The molecule has 3 saturated heterocycles. The van der Waals surface area contributed by atoms with Crippen LogP contribution in [0.25, 0.3) is 0 Å². The molecule has 0 saturated carbocycles. The van der Waals surface area contributed by atoms with E-state index in [4.69, 9.17) is 11.6 Å². The predicted octanol–water partition coefficient (Wildman–Crippen LogP) is 5.64. The largest absolute Gasteiger partial charge is 0.396 e. The molecular formula is C35H42ClN3O4S. The van der Waals surface area contributed by atoms with Crippen molar-refractivity contribution in [3.05, 3.63) is 90.0 Å². The number of halogens is 1.